The van der Waals surface area contributed by atoms with Gasteiger partial charge in [-0.3, -0.25) is 0 Å². The molecule has 0 amide bonds. The molecule has 1 aliphatic rings. The molecule has 0 saturated carbocycles. The maximum atomic E-state index is 4.78. The Hall–Kier alpha value is -1.19. The van der Waals surface area contributed by atoms with Crippen LogP contribution in [0.5, 0.6) is 0 Å². The second kappa shape index (κ2) is 5.21. The quantitative estimate of drug-likeness (QED) is 0.912. The van der Waals surface area contributed by atoms with E-state index in [1.807, 2.05) is 0 Å². The SMILES string of the molecule is Cc1ccccc1-c1csc(CC2CCCN2)n1. The Morgan fingerprint density at radius 2 is 2.28 bits per heavy atom. The van der Waals surface area contributed by atoms with Crippen LogP contribution < -0.4 is 5.32 Å². The zero-order chi connectivity index (χ0) is 12.4. The number of thiazole rings is 1. The first-order valence-electron chi connectivity index (χ1n) is 6.57. The summed E-state index contributed by atoms with van der Waals surface area (Å²) in [4.78, 5) is 4.78. The summed E-state index contributed by atoms with van der Waals surface area (Å²) < 4.78 is 0. The molecule has 2 heterocycles. The maximum absolute atomic E-state index is 4.78. The molecular formula is C15H18N2S. The van der Waals surface area contributed by atoms with Gasteiger partial charge in [-0.25, -0.2) is 4.98 Å². The highest BCUT2D eigenvalue weighted by molar-refractivity contribution is 7.09. The Morgan fingerprint density at radius 3 is 3.06 bits per heavy atom. The van der Waals surface area contributed by atoms with E-state index >= 15 is 0 Å². The predicted octanol–water partition coefficient (Wildman–Crippen LogP) is 3.41. The lowest BCUT2D eigenvalue weighted by atomic mass is 10.1. The molecular weight excluding hydrogens is 240 g/mol. The Kier molecular flexibility index (Phi) is 3.43. The van der Waals surface area contributed by atoms with Crippen molar-refractivity contribution >= 4 is 11.3 Å². The van der Waals surface area contributed by atoms with E-state index in [0.717, 1.165) is 12.1 Å². The van der Waals surface area contributed by atoms with Crippen molar-refractivity contribution in [3.63, 3.8) is 0 Å². The summed E-state index contributed by atoms with van der Waals surface area (Å²) in [5.74, 6) is 0. The highest BCUT2D eigenvalue weighted by Crippen LogP contribution is 2.26. The Morgan fingerprint density at radius 1 is 1.39 bits per heavy atom. The van der Waals surface area contributed by atoms with Crippen LogP contribution in [0.25, 0.3) is 11.3 Å². The van der Waals surface area contributed by atoms with E-state index in [0.29, 0.717) is 6.04 Å². The van der Waals surface area contributed by atoms with Crippen molar-refractivity contribution in [1.82, 2.24) is 10.3 Å². The van der Waals surface area contributed by atoms with Gasteiger partial charge in [0.15, 0.2) is 0 Å². The second-order valence-corrected chi connectivity index (χ2v) is 5.88. The number of hydrogen-bond acceptors (Lipinski definition) is 3. The average molecular weight is 258 g/mol. The fourth-order valence-electron chi connectivity index (χ4n) is 2.53. The van der Waals surface area contributed by atoms with Gasteiger partial charge in [-0.05, 0) is 31.9 Å². The number of aromatic nitrogens is 1. The van der Waals surface area contributed by atoms with Crippen LogP contribution in [0.1, 0.15) is 23.4 Å². The van der Waals surface area contributed by atoms with Gasteiger partial charge in [-0.2, -0.15) is 0 Å². The van der Waals surface area contributed by atoms with Crippen LogP contribution in [-0.4, -0.2) is 17.6 Å². The van der Waals surface area contributed by atoms with Gasteiger partial charge in [0.25, 0.3) is 0 Å². The van der Waals surface area contributed by atoms with Gasteiger partial charge in [0.2, 0.25) is 0 Å². The van der Waals surface area contributed by atoms with Crippen LogP contribution in [0, 0.1) is 6.92 Å². The minimum atomic E-state index is 0.640. The topological polar surface area (TPSA) is 24.9 Å². The predicted molar refractivity (Wildman–Crippen MR) is 77.0 cm³/mol. The fourth-order valence-corrected chi connectivity index (χ4v) is 3.41. The van der Waals surface area contributed by atoms with Crippen LogP contribution in [-0.2, 0) is 6.42 Å². The Balaban J connectivity index is 1.79. The summed E-state index contributed by atoms with van der Waals surface area (Å²) in [6.07, 6.45) is 3.68. The lowest BCUT2D eigenvalue weighted by Crippen LogP contribution is -2.23. The molecule has 1 fully saturated rings. The zero-order valence-corrected chi connectivity index (χ0v) is 11.5. The smallest absolute Gasteiger partial charge is 0.0948 e. The Labute approximate surface area is 112 Å². The van der Waals surface area contributed by atoms with E-state index < -0.39 is 0 Å². The monoisotopic (exact) mass is 258 g/mol. The van der Waals surface area contributed by atoms with Crippen molar-refractivity contribution in [3.05, 3.63) is 40.2 Å². The molecule has 1 unspecified atom stereocenters. The number of benzene rings is 1. The normalized spacial score (nSPS) is 19.3. The number of hydrogen-bond donors (Lipinski definition) is 1. The third-order valence-corrected chi connectivity index (χ3v) is 4.43. The van der Waals surface area contributed by atoms with Gasteiger partial charge in [-0.1, -0.05) is 24.3 Å². The summed E-state index contributed by atoms with van der Waals surface area (Å²) >= 11 is 1.79. The average Bonchev–Trinajstić information content (AvgIpc) is 3.02. The standard InChI is InChI=1S/C15H18N2S/c1-11-5-2-3-7-13(11)14-10-18-15(17-14)9-12-6-4-8-16-12/h2-3,5,7,10,12,16H,4,6,8-9H2,1H3. The molecule has 3 heteroatoms. The molecule has 0 aliphatic carbocycles. The zero-order valence-electron chi connectivity index (χ0n) is 10.6. The molecule has 3 rings (SSSR count). The molecule has 94 valence electrons. The van der Waals surface area contributed by atoms with Gasteiger partial charge in [0, 0.05) is 23.4 Å². The van der Waals surface area contributed by atoms with Crippen molar-refractivity contribution in [3.8, 4) is 11.3 Å². The van der Waals surface area contributed by atoms with E-state index in [2.05, 4.69) is 41.9 Å². The van der Waals surface area contributed by atoms with Gasteiger partial charge >= 0.3 is 0 Å². The molecule has 18 heavy (non-hydrogen) atoms. The van der Waals surface area contributed by atoms with E-state index in [1.165, 1.54) is 35.5 Å². The van der Waals surface area contributed by atoms with Crippen LogP contribution in [0.15, 0.2) is 29.6 Å². The molecule has 0 spiro atoms. The molecule has 0 bridgehead atoms. The van der Waals surface area contributed by atoms with Crippen molar-refractivity contribution in [2.24, 2.45) is 0 Å². The van der Waals surface area contributed by atoms with Crippen molar-refractivity contribution in [2.75, 3.05) is 6.54 Å². The molecule has 1 N–H and O–H groups in total. The van der Waals surface area contributed by atoms with Gasteiger partial charge in [-0.15, -0.1) is 11.3 Å². The molecule has 1 aromatic carbocycles. The fraction of sp³-hybridized carbons (Fsp3) is 0.400. The highest BCUT2D eigenvalue weighted by Gasteiger charge is 2.16. The van der Waals surface area contributed by atoms with E-state index in [-0.39, 0.29) is 0 Å². The van der Waals surface area contributed by atoms with Gasteiger partial charge in [0.05, 0.1) is 10.7 Å². The van der Waals surface area contributed by atoms with E-state index in [9.17, 15) is 0 Å². The number of aryl methyl sites for hydroxylation is 1. The third kappa shape index (κ3) is 2.47. The molecule has 1 saturated heterocycles. The van der Waals surface area contributed by atoms with E-state index in [1.54, 1.807) is 11.3 Å². The minimum Gasteiger partial charge on any atom is -0.314 e. The molecule has 2 aromatic rings. The lowest BCUT2D eigenvalue weighted by Gasteiger charge is -2.06. The number of rotatable bonds is 3. The van der Waals surface area contributed by atoms with Gasteiger partial charge < -0.3 is 5.32 Å². The number of nitrogens with one attached hydrogen (secondary N) is 1. The molecule has 1 atom stereocenters. The first kappa shape index (κ1) is 11.9. The van der Waals surface area contributed by atoms with Crippen molar-refractivity contribution in [2.45, 2.75) is 32.2 Å². The molecule has 1 aromatic heterocycles. The summed E-state index contributed by atoms with van der Waals surface area (Å²) in [5, 5.41) is 6.98. The largest absolute Gasteiger partial charge is 0.314 e. The Bertz CT molecular complexity index is 527. The van der Waals surface area contributed by atoms with Crippen LogP contribution in [0.3, 0.4) is 0 Å². The second-order valence-electron chi connectivity index (χ2n) is 4.94. The highest BCUT2D eigenvalue weighted by atomic mass is 32.1. The lowest BCUT2D eigenvalue weighted by molar-refractivity contribution is 0.601. The molecule has 2 nitrogen and oxygen atoms in total. The summed E-state index contributed by atoms with van der Waals surface area (Å²) in [6, 6.07) is 9.10. The van der Waals surface area contributed by atoms with Crippen LogP contribution >= 0.6 is 11.3 Å². The molecule has 0 radical (unpaired) electrons. The summed E-state index contributed by atoms with van der Waals surface area (Å²) in [6.45, 7) is 3.31. The van der Waals surface area contributed by atoms with Crippen LogP contribution in [0.4, 0.5) is 0 Å². The first-order valence-corrected chi connectivity index (χ1v) is 7.44. The minimum absolute atomic E-state index is 0.640. The molecule has 1 aliphatic heterocycles. The maximum Gasteiger partial charge on any atom is 0.0948 e. The van der Waals surface area contributed by atoms with E-state index in [4.69, 9.17) is 4.98 Å². The summed E-state index contributed by atoms with van der Waals surface area (Å²) in [7, 11) is 0. The number of nitrogens with zero attached hydrogens (tertiary/aromatic N) is 1. The summed E-state index contributed by atoms with van der Waals surface area (Å²) in [5.41, 5.74) is 3.69. The third-order valence-electron chi connectivity index (χ3n) is 3.56. The first-order chi connectivity index (χ1) is 8.83. The van der Waals surface area contributed by atoms with Gasteiger partial charge in [0.1, 0.15) is 0 Å². The van der Waals surface area contributed by atoms with Crippen LogP contribution in [0.2, 0.25) is 0 Å². The van der Waals surface area contributed by atoms with Crippen molar-refractivity contribution in [1.29, 1.82) is 0 Å². The van der Waals surface area contributed by atoms with Crippen molar-refractivity contribution < 1.29 is 0 Å².